The highest BCUT2D eigenvalue weighted by molar-refractivity contribution is 7.22. The molecule has 7 heteroatoms. The maximum atomic E-state index is 13.1. The number of piperazine rings is 1. The Morgan fingerprint density at radius 3 is 2.33 bits per heavy atom. The lowest BCUT2D eigenvalue weighted by molar-refractivity contribution is -0.136. The van der Waals surface area contributed by atoms with E-state index in [1.807, 2.05) is 35.2 Å². The number of fused-ring (bicyclic) bond motifs is 1. The Morgan fingerprint density at radius 1 is 0.900 bits per heavy atom. The van der Waals surface area contributed by atoms with Crippen molar-refractivity contribution in [2.45, 2.75) is 12.8 Å². The highest BCUT2D eigenvalue weighted by atomic mass is 32.1. The van der Waals surface area contributed by atoms with Crippen LogP contribution in [0.1, 0.15) is 12.8 Å². The third-order valence-electron chi connectivity index (χ3n) is 6.21. The van der Waals surface area contributed by atoms with Crippen molar-refractivity contribution in [2.75, 3.05) is 49.1 Å². The molecule has 2 aliphatic heterocycles. The van der Waals surface area contributed by atoms with Gasteiger partial charge in [0.15, 0.2) is 5.13 Å². The number of hydrogen-bond acceptors (Lipinski definition) is 6. The zero-order valence-electron chi connectivity index (χ0n) is 16.9. The Hall–Kier alpha value is -2.80. The quantitative estimate of drug-likeness (QED) is 0.699. The minimum Gasteiger partial charge on any atom is -0.506 e. The van der Waals surface area contributed by atoms with Gasteiger partial charge in [0, 0.05) is 45.2 Å². The molecule has 0 saturated carbocycles. The van der Waals surface area contributed by atoms with Crippen molar-refractivity contribution < 1.29 is 9.90 Å². The first-order valence-corrected chi connectivity index (χ1v) is 11.4. The molecule has 0 bridgehead atoms. The lowest BCUT2D eigenvalue weighted by atomic mass is 9.95. The van der Waals surface area contributed by atoms with E-state index in [2.05, 4.69) is 21.9 Å². The molecule has 0 atom stereocenters. The Kier molecular flexibility index (Phi) is 5.21. The van der Waals surface area contributed by atoms with Gasteiger partial charge in [0.2, 0.25) is 5.91 Å². The number of anilines is 2. The zero-order chi connectivity index (χ0) is 20.5. The number of hydrogen-bond donors (Lipinski definition) is 1. The van der Waals surface area contributed by atoms with Crippen LogP contribution in [0.15, 0.2) is 48.5 Å². The number of thiazole rings is 1. The summed E-state index contributed by atoms with van der Waals surface area (Å²) in [5, 5.41) is 11.1. The van der Waals surface area contributed by atoms with E-state index < -0.39 is 0 Å². The Balaban J connectivity index is 1.16. The monoisotopic (exact) mass is 422 g/mol. The minimum atomic E-state index is 0.104. The van der Waals surface area contributed by atoms with Crippen molar-refractivity contribution in [2.24, 2.45) is 5.92 Å². The third-order valence-corrected chi connectivity index (χ3v) is 7.31. The van der Waals surface area contributed by atoms with Crippen LogP contribution in [-0.2, 0) is 4.79 Å². The molecule has 0 unspecified atom stereocenters. The molecule has 0 spiro atoms. The molecule has 3 aromatic rings. The standard InChI is InChI=1S/C23H26N4O2S/c28-20-7-3-2-6-19(20)25-13-15-26(16-14-25)22(29)17-9-11-27(12-10-17)23-24-18-5-1-4-8-21(18)30-23/h1-8,17,28H,9-16H2. The van der Waals surface area contributed by atoms with Gasteiger partial charge in [-0.05, 0) is 37.1 Å². The lowest BCUT2D eigenvalue weighted by Crippen LogP contribution is -2.51. The summed E-state index contributed by atoms with van der Waals surface area (Å²) >= 11 is 1.73. The predicted octanol–water partition coefficient (Wildman–Crippen LogP) is 3.57. The summed E-state index contributed by atoms with van der Waals surface area (Å²) in [6, 6.07) is 15.7. The highest BCUT2D eigenvalue weighted by Gasteiger charge is 2.31. The van der Waals surface area contributed by atoms with Crippen LogP contribution < -0.4 is 9.80 Å². The maximum absolute atomic E-state index is 13.1. The molecule has 1 amide bonds. The van der Waals surface area contributed by atoms with Crippen molar-refractivity contribution >= 4 is 38.3 Å². The Labute approximate surface area is 180 Å². The van der Waals surface area contributed by atoms with Gasteiger partial charge in [-0.15, -0.1) is 0 Å². The van der Waals surface area contributed by atoms with Crippen LogP contribution in [0.4, 0.5) is 10.8 Å². The average Bonchev–Trinajstić information content (AvgIpc) is 3.24. The van der Waals surface area contributed by atoms with Crippen LogP contribution in [0.2, 0.25) is 0 Å². The molecule has 5 rings (SSSR count). The second-order valence-corrected chi connectivity index (χ2v) is 9.04. The number of phenols is 1. The van der Waals surface area contributed by atoms with Crippen molar-refractivity contribution in [3.8, 4) is 5.75 Å². The number of carbonyl (C=O) groups is 1. The van der Waals surface area contributed by atoms with Crippen molar-refractivity contribution in [3.05, 3.63) is 48.5 Å². The van der Waals surface area contributed by atoms with Gasteiger partial charge in [-0.1, -0.05) is 35.6 Å². The fraction of sp³-hybridized carbons (Fsp3) is 0.391. The van der Waals surface area contributed by atoms with Gasteiger partial charge in [-0.2, -0.15) is 0 Å². The van der Waals surface area contributed by atoms with Gasteiger partial charge >= 0.3 is 0 Å². The van der Waals surface area contributed by atoms with Crippen molar-refractivity contribution in [1.29, 1.82) is 0 Å². The molecule has 3 heterocycles. The fourth-order valence-electron chi connectivity index (χ4n) is 4.47. The molecule has 2 aliphatic rings. The second kappa shape index (κ2) is 8.14. The Bertz CT molecular complexity index is 1000. The van der Waals surface area contributed by atoms with Gasteiger partial charge in [0.05, 0.1) is 15.9 Å². The zero-order valence-corrected chi connectivity index (χ0v) is 17.7. The fourth-order valence-corrected chi connectivity index (χ4v) is 5.49. The van der Waals surface area contributed by atoms with Crippen molar-refractivity contribution in [1.82, 2.24) is 9.88 Å². The molecule has 2 fully saturated rings. The summed E-state index contributed by atoms with van der Waals surface area (Å²) < 4.78 is 1.22. The van der Waals surface area contributed by atoms with Crippen LogP contribution in [0.5, 0.6) is 5.75 Å². The van der Waals surface area contributed by atoms with Crippen LogP contribution in [0.25, 0.3) is 10.2 Å². The predicted molar refractivity (Wildman–Crippen MR) is 121 cm³/mol. The summed E-state index contributed by atoms with van der Waals surface area (Å²) in [6.07, 6.45) is 1.77. The first-order valence-electron chi connectivity index (χ1n) is 10.6. The Morgan fingerprint density at radius 2 is 1.60 bits per heavy atom. The topological polar surface area (TPSA) is 59.9 Å². The number of nitrogens with zero attached hydrogens (tertiary/aromatic N) is 4. The van der Waals surface area contributed by atoms with E-state index in [0.29, 0.717) is 18.8 Å². The molecule has 30 heavy (non-hydrogen) atoms. The van der Waals surface area contributed by atoms with Gasteiger partial charge < -0.3 is 19.8 Å². The van der Waals surface area contributed by atoms with Gasteiger partial charge in [-0.3, -0.25) is 4.79 Å². The molecule has 1 aromatic heterocycles. The maximum Gasteiger partial charge on any atom is 0.225 e. The van der Waals surface area contributed by atoms with Gasteiger partial charge in [-0.25, -0.2) is 4.98 Å². The van der Waals surface area contributed by atoms with E-state index >= 15 is 0 Å². The number of aromatic nitrogens is 1. The smallest absolute Gasteiger partial charge is 0.225 e. The van der Waals surface area contributed by atoms with E-state index in [0.717, 1.165) is 55.4 Å². The molecular weight excluding hydrogens is 396 g/mol. The number of carbonyl (C=O) groups excluding carboxylic acids is 1. The number of phenolic OH excluding ortho intramolecular Hbond substituents is 1. The lowest BCUT2D eigenvalue weighted by Gasteiger charge is -2.39. The summed E-state index contributed by atoms with van der Waals surface area (Å²) in [6.45, 7) is 4.71. The van der Waals surface area contributed by atoms with Gasteiger partial charge in [0.25, 0.3) is 0 Å². The molecule has 2 aromatic carbocycles. The molecule has 156 valence electrons. The van der Waals surface area contributed by atoms with E-state index in [-0.39, 0.29) is 11.8 Å². The SMILES string of the molecule is O=C(C1CCN(c2nc3ccccc3s2)CC1)N1CCN(c2ccccc2O)CC1. The second-order valence-electron chi connectivity index (χ2n) is 8.03. The molecule has 0 aliphatic carbocycles. The number of benzene rings is 2. The van der Waals surface area contributed by atoms with Crippen LogP contribution in [-0.4, -0.2) is 60.2 Å². The van der Waals surface area contributed by atoms with Crippen molar-refractivity contribution in [3.63, 3.8) is 0 Å². The van der Waals surface area contributed by atoms with E-state index in [1.165, 1.54) is 4.70 Å². The molecular formula is C23H26N4O2S. The number of para-hydroxylation sites is 3. The normalized spacial score (nSPS) is 18.2. The van der Waals surface area contributed by atoms with E-state index in [1.54, 1.807) is 17.4 Å². The van der Waals surface area contributed by atoms with Gasteiger partial charge in [0.1, 0.15) is 5.75 Å². The van der Waals surface area contributed by atoms with E-state index in [4.69, 9.17) is 4.98 Å². The first-order chi connectivity index (χ1) is 14.7. The minimum absolute atomic E-state index is 0.104. The molecule has 6 nitrogen and oxygen atoms in total. The molecule has 2 saturated heterocycles. The number of rotatable bonds is 3. The number of amides is 1. The summed E-state index contributed by atoms with van der Waals surface area (Å²) in [7, 11) is 0. The number of piperidine rings is 1. The summed E-state index contributed by atoms with van der Waals surface area (Å²) in [5.41, 5.74) is 1.91. The third kappa shape index (κ3) is 3.69. The summed E-state index contributed by atoms with van der Waals surface area (Å²) in [5.74, 6) is 0.697. The largest absolute Gasteiger partial charge is 0.506 e. The van der Waals surface area contributed by atoms with Crippen LogP contribution >= 0.6 is 11.3 Å². The van der Waals surface area contributed by atoms with Crippen LogP contribution in [0, 0.1) is 5.92 Å². The first kappa shape index (κ1) is 19.2. The molecule has 0 radical (unpaired) electrons. The average molecular weight is 423 g/mol. The van der Waals surface area contributed by atoms with Crippen LogP contribution in [0.3, 0.4) is 0 Å². The van der Waals surface area contributed by atoms with E-state index in [9.17, 15) is 9.90 Å². The molecule has 1 N–H and O–H groups in total. The summed E-state index contributed by atoms with van der Waals surface area (Å²) in [4.78, 5) is 24.3. The highest BCUT2D eigenvalue weighted by Crippen LogP contribution is 2.32. The number of aromatic hydroxyl groups is 1.